The Morgan fingerprint density at radius 2 is 1.94 bits per heavy atom. The lowest BCUT2D eigenvalue weighted by Crippen LogP contribution is -2.17. The Morgan fingerprint density at radius 3 is 2.44 bits per heavy atom. The molecule has 0 aliphatic heterocycles. The van der Waals surface area contributed by atoms with Crippen LogP contribution < -0.4 is 10.5 Å². The van der Waals surface area contributed by atoms with Crippen LogP contribution in [0.1, 0.15) is 21.4 Å². The van der Waals surface area contributed by atoms with Gasteiger partial charge >= 0.3 is 0 Å². The molecule has 1 heterocycles. The molecule has 0 saturated heterocycles. The molecule has 0 aliphatic rings. The van der Waals surface area contributed by atoms with Gasteiger partial charge in [0.05, 0.1) is 6.61 Å². The fraction of sp³-hybridized carbons (Fsp3) is 0.286. The van der Waals surface area contributed by atoms with Crippen molar-refractivity contribution in [2.75, 3.05) is 6.54 Å². The summed E-state index contributed by atoms with van der Waals surface area (Å²) >= 11 is 1.70. The van der Waals surface area contributed by atoms with E-state index >= 15 is 0 Å². The quantitative estimate of drug-likeness (QED) is 0.872. The molecule has 96 valence electrons. The maximum atomic E-state index is 8.98. The summed E-state index contributed by atoms with van der Waals surface area (Å²) < 4.78 is 5.87. The first-order valence-electron chi connectivity index (χ1n) is 5.86. The van der Waals surface area contributed by atoms with Gasteiger partial charge < -0.3 is 15.6 Å². The number of aliphatic hydroxyl groups excluding tert-OH is 1. The molecule has 0 aliphatic carbocycles. The van der Waals surface area contributed by atoms with Crippen molar-refractivity contribution in [3.8, 4) is 5.75 Å². The van der Waals surface area contributed by atoms with Crippen LogP contribution in [0.15, 0.2) is 36.4 Å². The van der Waals surface area contributed by atoms with Crippen LogP contribution in [-0.4, -0.2) is 11.7 Å². The summed E-state index contributed by atoms with van der Waals surface area (Å²) in [6, 6.07) is 11.5. The number of hydrogen-bond donors (Lipinski definition) is 2. The molecular formula is C14H17NO2S. The van der Waals surface area contributed by atoms with Crippen molar-refractivity contribution in [2.45, 2.75) is 19.6 Å². The molecule has 3 nitrogen and oxygen atoms in total. The monoisotopic (exact) mass is 263 g/mol. The average Bonchev–Trinajstić information content (AvgIpc) is 2.83. The van der Waals surface area contributed by atoms with Crippen LogP contribution >= 0.6 is 11.3 Å². The van der Waals surface area contributed by atoms with Gasteiger partial charge in [0.2, 0.25) is 0 Å². The summed E-state index contributed by atoms with van der Waals surface area (Å²) in [7, 11) is 0. The molecule has 18 heavy (non-hydrogen) atoms. The van der Waals surface area contributed by atoms with Gasteiger partial charge in [-0.1, -0.05) is 12.1 Å². The van der Waals surface area contributed by atoms with Crippen LogP contribution in [0, 0.1) is 6.92 Å². The fourth-order valence-corrected chi connectivity index (χ4v) is 2.61. The van der Waals surface area contributed by atoms with Gasteiger partial charge in [-0.15, -0.1) is 11.3 Å². The molecule has 0 saturated carbocycles. The lowest BCUT2D eigenvalue weighted by molar-refractivity contribution is 0.217. The molecule has 1 unspecified atom stereocenters. The second-order valence-corrected chi connectivity index (χ2v) is 5.41. The molecule has 0 radical (unpaired) electrons. The third kappa shape index (κ3) is 3.10. The highest BCUT2D eigenvalue weighted by atomic mass is 32.1. The normalized spacial score (nSPS) is 12.4. The Labute approximate surface area is 111 Å². The van der Waals surface area contributed by atoms with E-state index in [0.717, 1.165) is 16.2 Å². The van der Waals surface area contributed by atoms with E-state index in [1.807, 2.05) is 24.3 Å². The van der Waals surface area contributed by atoms with E-state index in [-0.39, 0.29) is 12.7 Å². The summed E-state index contributed by atoms with van der Waals surface area (Å²) in [6.07, 6.45) is -0.108. The zero-order valence-electron chi connectivity index (χ0n) is 10.3. The first-order valence-corrected chi connectivity index (χ1v) is 6.67. The largest absolute Gasteiger partial charge is 0.484 e. The fourth-order valence-electron chi connectivity index (χ4n) is 1.69. The van der Waals surface area contributed by atoms with Crippen molar-refractivity contribution in [3.05, 3.63) is 51.7 Å². The highest BCUT2D eigenvalue weighted by Gasteiger charge is 2.13. The Kier molecular flexibility index (Phi) is 4.36. The number of nitrogens with two attached hydrogens (primary N) is 1. The van der Waals surface area contributed by atoms with E-state index in [1.165, 1.54) is 4.88 Å². The van der Waals surface area contributed by atoms with Crippen molar-refractivity contribution in [1.29, 1.82) is 0 Å². The number of ether oxygens (including phenoxy) is 1. The Morgan fingerprint density at radius 1 is 1.22 bits per heavy atom. The number of hydrogen-bond acceptors (Lipinski definition) is 4. The van der Waals surface area contributed by atoms with E-state index < -0.39 is 0 Å². The molecule has 3 N–H and O–H groups in total. The molecule has 2 aromatic rings. The first-order chi connectivity index (χ1) is 8.72. The van der Waals surface area contributed by atoms with Gasteiger partial charge in [-0.2, -0.15) is 0 Å². The number of aryl methyl sites for hydroxylation is 1. The van der Waals surface area contributed by atoms with E-state index in [2.05, 4.69) is 19.1 Å². The van der Waals surface area contributed by atoms with Gasteiger partial charge in [0.15, 0.2) is 0 Å². The minimum Gasteiger partial charge on any atom is -0.484 e. The van der Waals surface area contributed by atoms with Gasteiger partial charge in [-0.25, -0.2) is 0 Å². The van der Waals surface area contributed by atoms with Crippen LogP contribution in [0.4, 0.5) is 0 Å². The van der Waals surface area contributed by atoms with Gasteiger partial charge in [-0.3, -0.25) is 0 Å². The minimum atomic E-state index is -0.108. The van der Waals surface area contributed by atoms with Crippen molar-refractivity contribution in [3.63, 3.8) is 0 Å². The predicted molar refractivity (Wildman–Crippen MR) is 73.8 cm³/mol. The van der Waals surface area contributed by atoms with Crippen molar-refractivity contribution >= 4 is 11.3 Å². The molecule has 1 aromatic carbocycles. The van der Waals surface area contributed by atoms with Crippen LogP contribution in [-0.2, 0) is 6.61 Å². The van der Waals surface area contributed by atoms with E-state index in [0.29, 0.717) is 6.54 Å². The van der Waals surface area contributed by atoms with E-state index in [1.54, 1.807) is 11.3 Å². The Hall–Kier alpha value is -1.36. The molecule has 0 spiro atoms. The lowest BCUT2D eigenvalue weighted by atomic mass is 10.2. The summed E-state index contributed by atoms with van der Waals surface area (Å²) in [6.45, 7) is 2.56. The maximum absolute atomic E-state index is 8.98. The van der Waals surface area contributed by atoms with Crippen molar-refractivity contribution in [2.24, 2.45) is 5.73 Å². The zero-order chi connectivity index (χ0) is 13.0. The van der Waals surface area contributed by atoms with Gasteiger partial charge in [0.25, 0.3) is 0 Å². The Balaban J connectivity index is 2.10. The van der Waals surface area contributed by atoms with Gasteiger partial charge in [0, 0.05) is 16.3 Å². The van der Waals surface area contributed by atoms with Crippen molar-refractivity contribution in [1.82, 2.24) is 0 Å². The van der Waals surface area contributed by atoms with Crippen molar-refractivity contribution < 1.29 is 9.84 Å². The number of rotatable bonds is 5. The molecule has 0 bridgehead atoms. The van der Waals surface area contributed by atoms with Crippen LogP contribution in [0.25, 0.3) is 0 Å². The molecule has 1 aromatic heterocycles. The lowest BCUT2D eigenvalue weighted by Gasteiger charge is -2.16. The van der Waals surface area contributed by atoms with Gasteiger partial charge in [-0.05, 0) is 36.8 Å². The molecule has 1 atom stereocenters. The third-order valence-corrected chi connectivity index (χ3v) is 3.77. The zero-order valence-corrected chi connectivity index (χ0v) is 11.1. The van der Waals surface area contributed by atoms with E-state index in [4.69, 9.17) is 15.6 Å². The number of benzene rings is 1. The minimum absolute atomic E-state index is 0.0463. The van der Waals surface area contributed by atoms with E-state index in [9.17, 15) is 0 Å². The highest BCUT2D eigenvalue weighted by molar-refractivity contribution is 7.12. The van der Waals surface area contributed by atoms with Crippen LogP contribution in [0.5, 0.6) is 5.75 Å². The number of aliphatic hydroxyl groups is 1. The van der Waals surface area contributed by atoms with Crippen LogP contribution in [0.2, 0.25) is 0 Å². The SMILES string of the molecule is Cc1ccc(C(CN)Oc2ccc(CO)cc2)s1. The molecule has 0 fully saturated rings. The summed E-state index contributed by atoms with van der Waals surface area (Å²) in [5.74, 6) is 0.772. The topological polar surface area (TPSA) is 55.5 Å². The molecule has 4 heteroatoms. The summed E-state index contributed by atoms with van der Waals surface area (Å²) in [5.41, 5.74) is 6.63. The molecular weight excluding hydrogens is 246 g/mol. The maximum Gasteiger partial charge on any atom is 0.145 e. The summed E-state index contributed by atoms with van der Waals surface area (Å²) in [4.78, 5) is 2.39. The Bertz CT molecular complexity index is 493. The third-order valence-electron chi connectivity index (χ3n) is 2.68. The highest BCUT2D eigenvalue weighted by Crippen LogP contribution is 2.27. The average molecular weight is 263 g/mol. The summed E-state index contributed by atoms with van der Waals surface area (Å²) in [5, 5.41) is 8.98. The second kappa shape index (κ2) is 6.00. The predicted octanol–water partition coefficient (Wildman–Crippen LogP) is 2.63. The standard InChI is InChI=1S/C14H17NO2S/c1-10-2-7-14(18-10)13(8-15)17-12-5-3-11(9-16)4-6-12/h2-7,13,16H,8-9,15H2,1H3. The number of thiophene rings is 1. The first kappa shape index (κ1) is 13.1. The molecule has 2 rings (SSSR count). The van der Waals surface area contributed by atoms with Gasteiger partial charge in [0.1, 0.15) is 11.9 Å². The second-order valence-electron chi connectivity index (χ2n) is 4.09. The molecule has 0 amide bonds. The smallest absolute Gasteiger partial charge is 0.145 e. The van der Waals surface area contributed by atoms with Crippen LogP contribution in [0.3, 0.4) is 0 Å².